The van der Waals surface area contributed by atoms with Crippen molar-refractivity contribution in [2.75, 3.05) is 0 Å². The third-order valence-corrected chi connectivity index (χ3v) is 1.83. The molecule has 0 amide bonds. The molecular weight excluding hydrogens is 210 g/mol. The van der Waals surface area contributed by atoms with Crippen LogP contribution in [0.1, 0.15) is 0 Å². The molecule has 0 aliphatic carbocycles. The summed E-state index contributed by atoms with van der Waals surface area (Å²) >= 11 is 16.7. The highest BCUT2D eigenvalue weighted by atomic mass is 35.5. The van der Waals surface area contributed by atoms with Crippen LogP contribution in [0.15, 0.2) is 12.1 Å². The Kier molecular flexibility index (Phi) is 2.84. The van der Waals surface area contributed by atoms with E-state index in [-0.39, 0.29) is 15.8 Å². The fourth-order valence-corrected chi connectivity index (χ4v) is 1.50. The monoisotopic (exact) mass is 212 g/mol. The van der Waals surface area contributed by atoms with Gasteiger partial charge in [0.05, 0.1) is 10.0 Å². The summed E-state index contributed by atoms with van der Waals surface area (Å²) in [6, 6.07) is 2.83. The smallest absolute Gasteiger partial charge is 0.202 e. The first kappa shape index (κ1) is 8.94. The van der Waals surface area contributed by atoms with Crippen LogP contribution < -0.4 is 4.89 Å². The van der Waals surface area contributed by atoms with Crippen molar-refractivity contribution in [1.29, 1.82) is 0 Å². The molecule has 0 aliphatic heterocycles. The van der Waals surface area contributed by atoms with Gasteiger partial charge in [-0.15, -0.1) is 0 Å². The van der Waals surface area contributed by atoms with Crippen molar-refractivity contribution in [3.05, 3.63) is 27.2 Å². The minimum Gasteiger partial charge on any atom is -0.337 e. The fraction of sp³-hybridized carbons (Fsp3) is 0. The summed E-state index contributed by atoms with van der Waals surface area (Å²) in [4.78, 5) is 3.91. The summed E-state index contributed by atoms with van der Waals surface area (Å²) in [5.41, 5.74) is 0. The van der Waals surface area contributed by atoms with Gasteiger partial charge < -0.3 is 4.89 Å². The van der Waals surface area contributed by atoms with Crippen molar-refractivity contribution in [2.45, 2.75) is 0 Å². The molecule has 11 heavy (non-hydrogen) atoms. The lowest BCUT2D eigenvalue weighted by Gasteiger charge is -2.02. The molecule has 0 saturated heterocycles. The van der Waals surface area contributed by atoms with Crippen molar-refractivity contribution in [3.8, 4) is 5.75 Å². The van der Waals surface area contributed by atoms with Crippen molar-refractivity contribution in [1.82, 2.24) is 0 Å². The van der Waals surface area contributed by atoms with Gasteiger partial charge in [-0.2, -0.15) is 0 Å². The van der Waals surface area contributed by atoms with Crippen molar-refractivity contribution < 1.29 is 10.1 Å². The van der Waals surface area contributed by atoms with Crippen molar-refractivity contribution >= 4 is 34.8 Å². The van der Waals surface area contributed by atoms with Crippen LogP contribution in [0, 0.1) is 0 Å². The average Bonchev–Trinajstić information content (AvgIpc) is 1.85. The molecule has 5 heteroatoms. The molecule has 0 heterocycles. The maximum absolute atomic E-state index is 8.28. The average molecular weight is 213 g/mol. The second kappa shape index (κ2) is 3.50. The van der Waals surface area contributed by atoms with E-state index in [1.807, 2.05) is 0 Å². The third kappa shape index (κ3) is 1.91. The van der Waals surface area contributed by atoms with E-state index < -0.39 is 0 Å². The normalized spacial score (nSPS) is 9.82. The molecule has 0 aromatic heterocycles. The first-order chi connectivity index (χ1) is 5.15. The first-order valence-corrected chi connectivity index (χ1v) is 3.74. The van der Waals surface area contributed by atoms with Gasteiger partial charge in [0.15, 0.2) is 0 Å². The lowest BCUT2D eigenvalue weighted by atomic mass is 10.3. The molecule has 1 rings (SSSR count). The minimum absolute atomic E-state index is 0.0118. The third-order valence-electron chi connectivity index (χ3n) is 1.05. The predicted molar refractivity (Wildman–Crippen MR) is 44.7 cm³/mol. The van der Waals surface area contributed by atoms with E-state index >= 15 is 0 Å². The summed E-state index contributed by atoms with van der Waals surface area (Å²) in [7, 11) is 0. The quantitative estimate of drug-likeness (QED) is 0.571. The van der Waals surface area contributed by atoms with E-state index in [1.165, 1.54) is 12.1 Å². The highest BCUT2D eigenvalue weighted by Gasteiger charge is 2.08. The second-order valence-electron chi connectivity index (χ2n) is 1.79. The molecule has 1 N–H and O–H groups in total. The Morgan fingerprint density at radius 1 is 1.09 bits per heavy atom. The number of rotatable bonds is 1. The van der Waals surface area contributed by atoms with E-state index in [0.29, 0.717) is 5.02 Å². The van der Waals surface area contributed by atoms with E-state index in [1.54, 1.807) is 0 Å². The van der Waals surface area contributed by atoms with Crippen LogP contribution in [-0.2, 0) is 0 Å². The molecule has 1 aromatic rings. The van der Waals surface area contributed by atoms with Gasteiger partial charge in [-0.3, -0.25) is 0 Å². The molecule has 0 atom stereocenters. The molecule has 60 valence electrons. The standard InChI is InChI=1S/C6H3Cl3O2/c7-3-1-4(8)6(11-10)5(9)2-3/h1-2,10H. The highest BCUT2D eigenvalue weighted by Crippen LogP contribution is 2.35. The maximum atomic E-state index is 8.28. The van der Waals surface area contributed by atoms with E-state index in [9.17, 15) is 0 Å². The Morgan fingerprint density at radius 3 is 1.91 bits per heavy atom. The van der Waals surface area contributed by atoms with Crippen LogP contribution in [0.4, 0.5) is 0 Å². The lowest BCUT2D eigenvalue weighted by Crippen LogP contribution is -1.85. The van der Waals surface area contributed by atoms with Gasteiger partial charge in [0.1, 0.15) is 0 Å². The van der Waals surface area contributed by atoms with Crippen molar-refractivity contribution in [3.63, 3.8) is 0 Å². The molecule has 1 aromatic carbocycles. The van der Waals surface area contributed by atoms with Crippen LogP contribution >= 0.6 is 34.8 Å². The predicted octanol–water partition coefficient (Wildman–Crippen LogP) is 3.50. The molecule has 0 spiro atoms. The molecule has 0 radical (unpaired) electrons. The zero-order valence-corrected chi connectivity index (χ0v) is 7.41. The van der Waals surface area contributed by atoms with Gasteiger partial charge >= 0.3 is 0 Å². The molecule has 0 saturated carbocycles. The number of hydrogen-bond donors (Lipinski definition) is 1. The SMILES string of the molecule is OOc1c(Cl)cc(Cl)cc1Cl. The summed E-state index contributed by atoms with van der Waals surface area (Å²) in [5.74, 6) is 0.0118. The Labute approximate surface area is 78.2 Å². The number of benzene rings is 1. The Hall–Kier alpha value is -0.150. The number of hydrogen-bond acceptors (Lipinski definition) is 2. The molecule has 0 bridgehead atoms. The van der Waals surface area contributed by atoms with Crippen LogP contribution in [0.25, 0.3) is 0 Å². The van der Waals surface area contributed by atoms with Crippen LogP contribution in [-0.4, -0.2) is 5.26 Å². The Balaban J connectivity index is 3.25. The van der Waals surface area contributed by atoms with Crippen LogP contribution in [0.2, 0.25) is 15.1 Å². The first-order valence-electron chi connectivity index (χ1n) is 2.61. The van der Waals surface area contributed by atoms with E-state index in [4.69, 9.17) is 40.1 Å². The van der Waals surface area contributed by atoms with Gasteiger partial charge in [-0.25, -0.2) is 5.26 Å². The summed E-state index contributed by atoms with van der Waals surface area (Å²) < 4.78 is 0. The summed E-state index contributed by atoms with van der Waals surface area (Å²) in [6.07, 6.45) is 0. The second-order valence-corrected chi connectivity index (χ2v) is 3.04. The molecular formula is C6H3Cl3O2. The Morgan fingerprint density at radius 2 is 1.55 bits per heavy atom. The lowest BCUT2D eigenvalue weighted by molar-refractivity contribution is -0.137. The van der Waals surface area contributed by atoms with Crippen LogP contribution in [0.3, 0.4) is 0 Å². The fourth-order valence-electron chi connectivity index (χ4n) is 0.616. The highest BCUT2D eigenvalue weighted by molar-refractivity contribution is 6.40. The summed E-state index contributed by atoms with van der Waals surface area (Å²) in [6.45, 7) is 0. The zero-order valence-electron chi connectivity index (χ0n) is 5.14. The van der Waals surface area contributed by atoms with Gasteiger partial charge in [0.2, 0.25) is 5.75 Å². The van der Waals surface area contributed by atoms with E-state index in [0.717, 1.165) is 0 Å². The molecule has 0 unspecified atom stereocenters. The molecule has 0 aliphatic rings. The molecule has 2 nitrogen and oxygen atoms in total. The topological polar surface area (TPSA) is 29.5 Å². The van der Waals surface area contributed by atoms with Gasteiger partial charge in [-0.05, 0) is 12.1 Å². The maximum Gasteiger partial charge on any atom is 0.202 e. The largest absolute Gasteiger partial charge is 0.337 e. The zero-order chi connectivity index (χ0) is 8.43. The van der Waals surface area contributed by atoms with Gasteiger partial charge in [-0.1, -0.05) is 34.8 Å². The van der Waals surface area contributed by atoms with Gasteiger partial charge in [0, 0.05) is 5.02 Å². The van der Waals surface area contributed by atoms with Crippen molar-refractivity contribution in [2.24, 2.45) is 0 Å². The Bertz CT molecular complexity index is 252. The van der Waals surface area contributed by atoms with Crippen LogP contribution in [0.5, 0.6) is 5.75 Å². The van der Waals surface area contributed by atoms with E-state index in [2.05, 4.69) is 4.89 Å². The van der Waals surface area contributed by atoms with Gasteiger partial charge in [0.25, 0.3) is 0 Å². The minimum atomic E-state index is 0.0118. The number of halogens is 3. The molecule has 0 fully saturated rings. The summed E-state index contributed by atoms with van der Waals surface area (Å²) in [5, 5.41) is 9.01.